The van der Waals surface area contributed by atoms with Crippen LogP contribution in [0.2, 0.25) is 0 Å². The molecule has 0 saturated carbocycles. The van der Waals surface area contributed by atoms with Crippen LogP contribution in [0.4, 0.5) is 0 Å². The summed E-state index contributed by atoms with van der Waals surface area (Å²) in [5.41, 5.74) is -0.233. The van der Waals surface area contributed by atoms with Gasteiger partial charge in [-0.15, -0.1) is 0 Å². The summed E-state index contributed by atoms with van der Waals surface area (Å²) in [5.74, 6) is -1.26. The smallest absolute Gasteiger partial charge is 0.341 e. The summed E-state index contributed by atoms with van der Waals surface area (Å²) in [6.07, 6.45) is -1.13. The number of aromatic nitrogens is 1. The molecule has 0 fully saturated rings. The molecule has 1 aromatic heterocycles. The first-order valence-electron chi connectivity index (χ1n) is 5.81. The molecule has 7 heteroatoms. The number of aromatic amines is 1. The minimum atomic E-state index is -1.32. The molecular weight excluding hydrogens is 282 g/mol. The molecule has 0 spiro atoms. The zero-order valence-corrected chi connectivity index (χ0v) is 11.2. The maximum atomic E-state index is 12.0. The molecule has 4 N–H and O–H groups in total. The van der Waals surface area contributed by atoms with Crippen LogP contribution in [0.1, 0.15) is 22.0 Å². The third-order valence-corrected chi connectivity index (χ3v) is 3.40. The first-order chi connectivity index (χ1) is 9.45. The van der Waals surface area contributed by atoms with Crippen molar-refractivity contribution in [1.29, 1.82) is 0 Å². The molecule has 106 valence electrons. The fourth-order valence-corrected chi connectivity index (χ4v) is 2.10. The highest BCUT2D eigenvalue weighted by atomic mass is 32.1. The van der Waals surface area contributed by atoms with E-state index in [0.29, 0.717) is 11.1 Å². The van der Waals surface area contributed by atoms with E-state index in [1.165, 1.54) is 6.07 Å². The Kier molecular flexibility index (Phi) is 4.12. The van der Waals surface area contributed by atoms with Gasteiger partial charge in [-0.25, -0.2) is 4.79 Å². The SMILES string of the molecule is O=C(O)c1c[nH]c2ccc(C(O)C(O)CS)cc2c1=O. The average Bonchev–Trinajstić information content (AvgIpc) is 2.45. The lowest BCUT2D eigenvalue weighted by molar-refractivity contribution is 0.0338. The van der Waals surface area contributed by atoms with Crippen molar-refractivity contribution in [2.75, 3.05) is 5.75 Å². The number of carbonyl (C=O) groups is 1. The number of nitrogens with one attached hydrogen (secondary N) is 1. The number of fused-ring (bicyclic) bond motifs is 1. The summed E-state index contributed by atoms with van der Waals surface area (Å²) in [7, 11) is 0. The quantitative estimate of drug-likeness (QED) is 0.529. The number of carboxylic acids is 1. The summed E-state index contributed by atoms with van der Waals surface area (Å²) in [4.78, 5) is 25.7. The van der Waals surface area contributed by atoms with Gasteiger partial charge in [0.25, 0.3) is 0 Å². The summed E-state index contributed by atoms with van der Waals surface area (Å²) in [5, 5.41) is 28.5. The Morgan fingerprint density at radius 2 is 2.05 bits per heavy atom. The van der Waals surface area contributed by atoms with Gasteiger partial charge in [-0.3, -0.25) is 4.79 Å². The Morgan fingerprint density at radius 1 is 1.35 bits per heavy atom. The first kappa shape index (κ1) is 14.6. The molecule has 6 nitrogen and oxygen atoms in total. The van der Waals surface area contributed by atoms with Crippen LogP contribution in [-0.2, 0) is 0 Å². The second-order valence-corrected chi connectivity index (χ2v) is 4.70. The number of aromatic carboxylic acids is 1. The number of hydrogen-bond acceptors (Lipinski definition) is 5. The third-order valence-electron chi connectivity index (χ3n) is 3.03. The van der Waals surface area contributed by atoms with Gasteiger partial charge < -0.3 is 20.3 Å². The highest BCUT2D eigenvalue weighted by Crippen LogP contribution is 2.21. The van der Waals surface area contributed by atoms with Crippen molar-refractivity contribution in [2.24, 2.45) is 0 Å². The number of benzene rings is 1. The normalized spacial score (nSPS) is 14.2. The lowest BCUT2D eigenvalue weighted by Gasteiger charge is -2.16. The number of aliphatic hydroxyl groups excluding tert-OH is 2. The maximum Gasteiger partial charge on any atom is 0.341 e. The molecule has 2 unspecified atom stereocenters. The molecule has 0 amide bonds. The summed E-state index contributed by atoms with van der Waals surface area (Å²) < 4.78 is 0. The van der Waals surface area contributed by atoms with Gasteiger partial charge in [0, 0.05) is 22.9 Å². The Hall–Kier alpha value is -1.83. The molecule has 2 atom stereocenters. The maximum absolute atomic E-state index is 12.0. The van der Waals surface area contributed by atoms with Gasteiger partial charge in [0.2, 0.25) is 5.43 Å². The van der Waals surface area contributed by atoms with E-state index in [-0.39, 0.29) is 16.7 Å². The summed E-state index contributed by atoms with van der Waals surface area (Å²) in [6.45, 7) is 0. The van der Waals surface area contributed by atoms with Gasteiger partial charge >= 0.3 is 5.97 Å². The van der Waals surface area contributed by atoms with Gasteiger partial charge in [-0.1, -0.05) is 6.07 Å². The number of H-pyrrole nitrogens is 1. The van der Waals surface area contributed by atoms with Crippen molar-refractivity contribution >= 4 is 29.5 Å². The second kappa shape index (κ2) is 5.66. The predicted octanol–water partition coefficient (Wildman–Crippen LogP) is 0.550. The molecule has 1 heterocycles. The average molecular weight is 295 g/mol. The van der Waals surface area contributed by atoms with E-state index in [4.69, 9.17) is 5.11 Å². The minimum absolute atomic E-state index is 0.0602. The standard InChI is InChI=1S/C13H13NO5S/c15-10(5-20)11(16)6-1-2-9-7(3-6)12(17)8(4-14-9)13(18)19/h1-4,10-11,15-16,20H,5H2,(H,14,17)(H,18,19). The predicted molar refractivity (Wildman–Crippen MR) is 76.3 cm³/mol. The van der Waals surface area contributed by atoms with Crippen LogP contribution in [-0.4, -0.2) is 38.1 Å². The van der Waals surface area contributed by atoms with E-state index < -0.39 is 23.6 Å². The molecule has 0 aliphatic rings. The third kappa shape index (κ3) is 2.55. The van der Waals surface area contributed by atoms with Crippen LogP contribution in [0.15, 0.2) is 29.2 Å². The zero-order chi connectivity index (χ0) is 14.9. The van der Waals surface area contributed by atoms with Crippen LogP contribution in [0.25, 0.3) is 10.9 Å². The lowest BCUT2D eigenvalue weighted by Crippen LogP contribution is -2.20. The van der Waals surface area contributed by atoms with Gasteiger partial charge in [0.15, 0.2) is 0 Å². The van der Waals surface area contributed by atoms with E-state index in [0.717, 1.165) is 6.20 Å². The zero-order valence-electron chi connectivity index (χ0n) is 10.3. The van der Waals surface area contributed by atoms with Gasteiger partial charge in [-0.2, -0.15) is 12.6 Å². The minimum Gasteiger partial charge on any atom is -0.477 e. The number of rotatable bonds is 4. The molecule has 20 heavy (non-hydrogen) atoms. The Morgan fingerprint density at radius 3 is 2.65 bits per heavy atom. The summed E-state index contributed by atoms with van der Waals surface area (Å²) in [6, 6.07) is 4.47. The van der Waals surface area contributed by atoms with Crippen LogP contribution < -0.4 is 5.43 Å². The fraction of sp³-hybridized carbons (Fsp3) is 0.231. The van der Waals surface area contributed by atoms with Gasteiger partial charge in [0.05, 0.1) is 6.10 Å². The Bertz CT molecular complexity index is 711. The number of carboxylic acid groups (broad SMARTS) is 1. The van der Waals surface area contributed by atoms with Crippen molar-refractivity contribution in [3.8, 4) is 0 Å². The molecule has 0 bridgehead atoms. The number of thiol groups is 1. The Labute approximate surface area is 119 Å². The van der Waals surface area contributed by atoms with Crippen LogP contribution in [0.5, 0.6) is 0 Å². The monoisotopic (exact) mass is 295 g/mol. The molecule has 0 radical (unpaired) electrons. The second-order valence-electron chi connectivity index (χ2n) is 4.34. The lowest BCUT2D eigenvalue weighted by atomic mass is 10.0. The first-order valence-corrected chi connectivity index (χ1v) is 6.44. The fourth-order valence-electron chi connectivity index (χ4n) is 1.90. The Balaban J connectivity index is 2.60. The molecule has 0 saturated heterocycles. The topological polar surface area (TPSA) is 111 Å². The van der Waals surface area contributed by atoms with Crippen molar-refractivity contribution in [2.45, 2.75) is 12.2 Å². The van der Waals surface area contributed by atoms with Crippen molar-refractivity contribution in [1.82, 2.24) is 4.98 Å². The van der Waals surface area contributed by atoms with Crippen molar-refractivity contribution < 1.29 is 20.1 Å². The van der Waals surface area contributed by atoms with Crippen molar-refractivity contribution in [3.05, 3.63) is 45.7 Å². The molecule has 2 rings (SSSR count). The molecular formula is C13H13NO5S. The van der Waals surface area contributed by atoms with E-state index in [9.17, 15) is 19.8 Å². The highest BCUT2D eigenvalue weighted by Gasteiger charge is 2.18. The molecule has 0 aliphatic heterocycles. The van der Waals surface area contributed by atoms with E-state index in [1.54, 1.807) is 12.1 Å². The summed E-state index contributed by atoms with van der Waals surface area (Å²) >= 11 is 3.89. The molecule has 1 aromatic carbocycles. The van der Waals surface area contributed by atoms with Gasteiger partial charge in [-0.05, 0) is 17.7 Å². The van der Waals surface area contributed by atoms with E-state index >= 15 is 0 Å². The van der Waals surface area contributed by atoms with Crippen LogP contribution >= 0.6 is 12.6 Å². The highest BCUT2D eigenvalue weighted by molar-refractivity contribution is 7.80. The molecule has 0 aliphatic carbocycles. The van der Waals surface area contributed by atoms with E-state index in [2.05, 4.69) is 17.6 Å². The number of pyridine rings is 1. The van der Waals surface area contributed by atoms with Gasteiger partial charge in [0.1, 0.15) is 11.7 Å². The largest absolute Gasteiger partial charge is 0.477 e. The van der Waals surface area contributed by atoms with Crippen molar-refractivity contribution in [3.63, 3.8) is 0 Å². The van der Waals surface area contributed by atoms with Crippen LogP contribution in [0.3, 0.4) is 0 Å². The van der Waals surface area contributed by atoms with Crippen LogP contribution in [0, 0.1) is 0 Å². The van der Waals surface area contributed by atoms with E-state index in [1.807, 2.05) is 0 Å². The number of hydrogen-bond donors (Lipinski definition) is 5. The molecule has 2 aromatic rings. The number of aliphatic hydroxyl groups is 2.